The van der Waals surface area contributed by atoms with Gasteiger partial charge in [0.05, 0.1) is 0 Å². The van der Waals surface area contributed by atoms with E-state index in [1.165, 1.54) is 17.7 Å². The first-order valence-corrected chi connectivity index (χ1v) is 7.15. The van der Waals surface area contributed by atoms with Crippen molar-refractivity contribution >= 4 is 17.9 Å². The highest BCUT2D eigenvalue weighted by atomic mass is 16.4. The Bertz CT molecular complexity index is 364. The highest BCUT2D eigenvalue weighted by molar-refractivity contribution is 5.94. The number of carboxylic acids is 1. The molecule has 0 aromatic heterocycles. The van der Waals surface area contributed by atoms with Crippen LogP contribution in [0.1, 0.15) is 45.4 Å². The maximum Gasteiger partial charge on any atom is 0.323 e. The Labute approximate surface area is 119 Å². The number of nitrogens with zero attached hydrogens (tertiary/aromatic N) is 1. The minimum Gasteiger partial charge on any atom is -0.481 e. The molecule has 0 aliphatic heterocycles. The molecular formula is C14H24N2O4. The van der Waals surface area contributed by atoms with Gasteiger partial charge in [0.2, 0.25) is 5.91 Å². The smallest absolute Gasteiger partial charge is 0.323 e. The summed E-state index contributed by atoms with van der Waals surface area (Å²) >= 11 is 0. The van der Waals surface area contributed by atoms with E-state index in [9.17, 15) is 14.4 Å². The SMILES string of the molecule is CC(CC(=O)O)CC(=O)NC(=O)N(C)CC1CCCC1. The van der Waals surface area contributed by atoms with Crippen molar-refractivity contribution in [3.8, 4) is 0 Å². The Morgan fingerprint density at radius 3 is 2.40 bits per heavy atom. The molecule has 1 aliphatic carbocycles. The Hall–Kier alpha value is -1.59. The summed E-state index contributed by atoms with van der Waals surface area (Å²) in [5, 5.41) is 10.9. The van der Waals surface area contributed by atoms with Crippen molar-refractivity contribution < 1.29 is 19.5 Å². The van der Waals surface area contributed by atoms with E-state index < -0.39 is 17.9 Å². The van der Waals surface area contributed by atoms with Gasteiger partial charge in [0.1, 0.15) is 0 Å². The van der Waals surface area contributed by atoms with E-state index in [0.29, 0.717) is 12.5 Å². The average Bonchev–Trinajstić information content (AvgIpc) is 2.79. The van der Waals surface area contributed by atoms with Gasteiger partial charge >= 0.3 is 12.0 Å². The van der Waals surface area contributed by atoms with E-state index >= 15 is 0 Å². The maximum atomic E-state index is 11.8. The van der Waals surface area contributed by atoms with Crippen LogP contribution in [-0.2, 0) is 9.59 Å². The van der Waals surface area contributed by atoms with Gasteiger partial charge < -0.3 is 10.0 Å². The number of rotatable bonds is 6. The van der Waals surface area contributed by atoms with E-state index in [2.05, 4.69) is 5.32 Å². The van der Waals surface area contributed by atoms with Crippen LogP contribution in [0.25, 0.3) is 0 Å². The summed E-state index contributed by atoms with van der Waals surface area (Å²) in [4.78, 5) is 35.5. The molecule has 6 nitrogen and oxygen atoms in total. The second kappa shape index (κ2) is 7.87. The maximum absolute atomic E-state index is 11.8. The molecule has 1 atom stereocenters. The number of nitrogens with one attached hydrogen (secondary N) is 1. The van der Waals surface area contributed by atoms with E-state index in [1.54, 1.807) is 14.0 Å². The molecule has 1 rings (SSSR count). The molecule has 0 spiro atoms. The lowest BCUT2D eigenvalue weighted by Gasteiger charge is -2.21. The van der Waals surface area contributed by atoms with Crippen molar-refractivity contribution in [1.29, 1.82) is 0 Å². The molecule has 1 fully saturated rings. The van der Waals surface area contributed by atoms with Gasteiger partial charge in [0.25, 0.3) is 0 Å². The molecule has 0 aromatic rings. The fourth-order valence-corrected chi connectivity index (χ4v) is 2.62. The van der Waals surface area contributed by atoms with Gasteiger partial charge in [0, 0.05) is 26.4 Å². The highest BCUT2D eigenvalue weighted by Gasteiger charge is 2.21. The Morgan fingerprint density at radius 1 is 1.25 bits per heavy atom. The van der Waals surface area contributed by atoms with Crippen LogP contribution in [0.2, 0.25) is 0 Å². The zero-order valence-corrected chi connectivity index (χ0v) is 12.2. The van der Waals surface area contributed by atoms with Gasteiger partial charge in [-0.1, -0.05) is 19.8 Å². The number of amides is 3. The standard InChI is InChI=1S/C14H24N2O4/c1-10(8-13(18)19)7-12(17)15-14(20)16(2)9-11-5-3-4-6-11/h10-11H,3-9H2,1-2H3,(H,18,19)(H,15,17,20). The highest BCUT2D eigenvalue weighted by Crippen LogP contribution is 2.25. The molecular weight excluding hydrogens is 260 g/mol. The molecule has 2 N–H and O–H groups in total. The number of carbonyl (C=O) groups is 3. The van der Waals surface area contributed by atoms with Crippen molar-refractivity contribution in [1.82, 2.24) is 10.2 Å². The number of carboxylic acid groups (broad SMARTS) is 1. The molecule has 0 radical (unpaired) electrons. The van der Waals surface area contributed by atoms with Crippen molar-refractivity contribution in [3.05, 3.63) is 0 Å². The van der Waals surface area contributed by atoms with E-state index in [1.807, 2.05) is 0 Å². The molecule has 0 bridgehead atoms. The normalized spacial score (nSPS) is 16.7. The molecule has 1 aliphatic rings. The van der Waals surface area contributed by atoms with Crippen LogP contribution in [0.5, 0.6) is 0 Å². The molecule has 6 heteroatoms. The van der Waals surface area contributed by atoms with Gasteiger partial charge in [-0.05, 0) is 24.7 Å². The monoisotopic (exact) mass is 284 g/mol. The second-order valence-electron chi connectivity index (χ2n) is 5.79. The number of urea groups is 1. The summed E-state index contributed by atoms with van der Waals surface area (Å²) in [6.45, 7) is 2.35. The van der Waals surface area contributed by atoms with Crippen LogP contribution >= 0.6 is 0 Å². The number of aliphatic carboxylic acids is 1. The first kappa shape index (κ1) is 16.5. The van der Waals surface area contributed by atoms with Gasteiger partial charge in [0.15, 0.2) is 0 Å². The van der Waals surface area contributed by atoms with Crippen LogP contribution in [0, 0.1) is 11.8 Å². The van der Waals surface area contributed by atoms with Crippen LogP contribution in [0.15, 0.2) is 0 Å². The van der Waals surface area contributed by atoms with Crippen molar-refractivity contribution in [2.75, 3.05) is 13.6 Å². The van der Waals surface area contributed by atoms with Crippen molar-refractivity contribution in [2.45, 2.75) is 45.4 Å². The molecule has 0 heterocycles. The quantitative estimate of drug-likeness (QED) is 0.779. The number of hydrogen-bond acceptors (Lipinski definition) is 3. The van der Waals surface area contributed by atoms with Crippen molar-refractivity contribution in [2.24, 2.45) is 11.8 Å². The minimum absolute atomic E-state index is 0.0509. The summed E-state index contributed by atoms with van der Waals surface area (Å²) in [6.07, 6.45) is 4.69. The van der Waals surface area contributed by atoms with E-state index in [4.69, 9.17) is 5.11 Å². The third-order valence-electron chi connectivity index (χ3n) is 3.66. The first-order valence-electron chi connectivity index (χ1n) is 7.15. The fourth-order valence-electron chi connectivity index (χ4n) is 2.62. The summed E-state index contributed by atoms with van der Waals surface area (Å²) < 4.78 is 0. The van der Waals surface area contributed by atoms with E-state index in [-0.39, 0.29) is 18.8 Å². The lowest BCUT2D eigenvalue weighted by molar-refractivity contribution is -0.138. The lowest BCUT2D eigenvalue weighted by atomic mass is 10.0. The van der Waals surface area contributed by atoms with Gasteiger partial charge in [-0.2, -0.15) is 0 Å². The molecule has 20 heavy (non-hydrogen) atoms. The average molecular weight is 284 g/mol. The lowest BCUT2D eigenvalue weighted by Crippen LogP contribution is -2.42. The number of imide groups is 1. The predicted octanol–water partition coefficient (Wildman–Crippen LogP) is 1.85. The zero-order valence-electron chi connectivity index (χ0n) is 12.2. The number of carbonyl (C=O) groups excluding carboxylic acids is 2. The Balaban J connectivity index is 2.29. The molecule has 0 saturated heterocycles. The largest absolute Gasteiger partial charge is 0.481 e. The third kappa shape index (κ3) is 6.04. The molecule has 1 saturated carbocycles. The summed E-state index contributed by atoms with van der Waals surface area (Å²) in [5.74, 6) is -1.09. The van der Waals surface area contributed by atoms with Crippen LogP contribution < -0.4 is 5.32 Å². The Kier molecular flexibility index (Phi) is 6.48. The summed E-state index contributed by atoms with van der Waals surface area (Å²) in [6, 6.07) is -0.399. The van der Waals surface area contributed by atoms with Crippen molar-refractivity contribution in [3.63, 3.8) is 0 Å². The summed E-state index contributed by atoms with van der Waals surface area (Å²) in [5.41, 5.74) is 0. The van der Waals surface area contributed by atoms with Gasteiger partial charge in [-0.25, -0.2) is 4.79 Å². The minimum atomic E-state index is -0.935. The van der Waals surface area contributed by atoms with Crippen LogP contribution in [-0.4, -0.2) is 41.5 Å². The molecule has 1 unspecified atom stereocenters. The molecule has 114 valence electrons. The zero-order chi connectivity index (χ0) is 15.1. The first-order chi connectivity index (χ1) is 9.38. The van der Waals surface area contributed by atoms with Crippen LogP contribution in [0.3, 0.4) is 0 Å². The molecule has 3 amide bonds. The number of hydrogen-bond donors (Lipinski definition) is 2. The van der Waals surface area contributed by atoms with E-state index in [0.717, 1.165) is 12.8 Å². The van der Waals surface area contributed by atoms with Gasteiger partial charge in [-0.3, -0.25) is 14.9 Å². The summed E-state index contributed by atoms with van der Waals surface area (Å²) in [7, 11) is 1.68. The fraction of sp³-hybridized carbons (Fsp3) is 0.786. The van der Waals surface area contributed by atoms with Gasteiger partial charge in [-0.15, -0.1) is 0 Å². The predicted molar refractivity (Wildman–Crippen MR) is 74.2 cm³/mol. The van der Waals surface area contributed by atoms with Crippen LogP contribution in [0.4, 0.5) is 4.79 Å². The Morgan fingerprint density at radius 2 is 1.85 bits per heavy atom. The second-order valence-corrected chi connectivity index (χ2v) is 5.79. The topological polar surface area (TPSA) is 86.7 Å². The third-order valence-corrected chi connectivity index (χ3v) is 3.66. The molecule has 0 aromatic carbocycles.